The summed E-state index contributed by atoms with van der Waals surface area (Å²) in [7, 11) is 1.89. The molecule has 0 bridgehead atoms. The monoisotopic (exact) mass is 432 g/mol. The summed E-state index contributed by atoms with van der Waals surface area (Å²) >= 11 is 0. The van der Waals surface area contributed by atoms with Crippen LogP contribution in [0.4, 0.5) is 5.82 Å². The highest BCUT2D eigenvalue weighted by molar-refractivity contribution is 5.87. The molecule has 9 heteroatoms. The number of aryl methyl sites for hydroxylation is 1. The molecule has 2 aliphatic rings. The number of nitriles is 1. The van der Waals surface area contributed by atoms with E-state index in [-0.39, 0.29) is 12.4 Å². The zero-order chi connectivity index (χ0) is 20.4. The number of pyridine rings is 2. The third kappa shape index (κ3) is 3.05. The summed E-state index contributed by atoms with van der Waals surface area (Å²) < 4.78 is 3.53. The molecular formula is C22H21ClN8. The van der Waals surface area contributed by atoms with Crippen molar-refractivity contribution in [1.29, 1.82) is 5.26 Å². The molecule has 6 rings (SSSR count). The van der Waals surface area contributed by atoms with Gasteiger partial charge in [0.1, 0.15) is 11.9 Å². The first-order valence-electron chi connectivity index (χ1n) is 10.00. The molecule has 1 aliphatic carbocycles. The Morgan fingerprint density at radius 1 is 1.03 bits per heavy atom. The Labute approximate surface area is 185 Å². The number of nitrogens with zero attached hydrogens (tertiary/aromatic N) is 7. The van der Waals surface area contributed by atoms with E-state index in [1.54, 1.807) is 15.4 Å². The number of hydrogen-bond donors (Lipinski definition) is 1. The van der Waals surface area contributed by atoms with Crippen LogP contribution in [0, 0.1) is 23.2 Å². The minimum Gasteiger partial charge on any atom is -0.356 e. The summed E-state index contributed by atoms with van der Waals surface area (Å²) in [5.41, 5.74) is 11.2. The van der Waals surface area contributed by atoms with E-state index < -0.39 is 0 Å². The number of hydrogen-bond acceptors (Lipinski definition) is 6. The van der Waals surface area contributed by atoms with Crippen LogP contribution in [0.5, 0.6) is 0 Å². The number of halogens is 1. The Morgan fingerprint density at radius 3 is 2.48 bits per heavy atom. The van der Waals surface area contributed by atoms with E-state index in [9.17, 15) is 5.26 Å². The van der Waals surface area contributed by atoms with Crippen LogP contribution >= 0.6 is 12.4 Å². The van der Waals surface area contributed by atoms with E-state index in [2.05, 4.69) is 39.4 Å². The third-order valence-corrected chi connectivity index (χ3v) is 6.41. The molecule has 31 heavy (non-hydrogen) atoms. The quantitative estimate of drug-likeness (QED) is 0.533. The fraction of sp³-hybridized carbons (Fsp3) is 0.273. The van der Waals surface area contributed by atoms with Crippen LogP contribution in [-0.4, -0.2) is 43.5 Å². The molecule has 2 fully saturated rings. The molecule has 1 aliphatic heterocycles. The molecule has 5 heterocycles. The first-order chi connectivity index (χ1) is 14.6. The second-order valence-corrected chi connectivity index (χ2v) is 8.22. The van der Waals surface area contributed by atoms with Crippen LogP contribution in [-0.2, 0) is 7.05 Å². The molecule has 2 N–H and O–H groups in total. The van der Waals surface area contributed by atoms with Crippen molar-refractivity contribution < 1.29 is 0 Å². The molecule has 0 unspecified atom stereocenters. The molecule has 0 amide bonds. The average molecular weight is 433 g/mol. The van der Waals surface area contributed by atoms with Gasteiger partial charge in [-0.2, -0.15) is 15.5 Å². The van der Waals surface area contributed by atoms with Crippen molar-refractivity contribution in [3.63, 3.8) is 0 Å². The molecule has 4 aromatic rings. The van der Waals surface area contributed by atoms with Gasteiger partial charge in [0.15, 0.2) is 0 Å². The van der Waals surface area contributed by atoms with Crippen LogP contribution in [0.15, 0.2) is 49.2 Å². The minimum absolute atomic E-state index is 0. The van der Waals surface area contributed by atoms with Crippen molar-refractivity contribution in [3.8, 4) is 28.3 Å². The number of piperidine rings is 1. The van der Waals surface area contributed by atoms with Crippen molar-refractivity contribution in [2.45, 2.75) is 6.04 Å². The van der Waals surface area contributed by atoms with Gasteiger partial charge >= 0.3 is 0 Å². The topological polar surface area (TPSA) is 101 Å². The Hall–Kier alpha value is -3.41. The van der Waals surface area contributed by atoms with Crippen molar-refractivity contribution in [2.24, 2.45) is 24.6 Å². The predicted molar refractivity (Wildman–Crippen MR) is 120 cm³/mol. The van der Waals surface area contributed by atoms with E-state index in [4.69, 9.17) is 10.7 Å². The maximum Gasteiger partial charge on any atom is 0.128 e. The SMILES string of the molecule is Cl.Cn1cc(-c2cc(-c3ccc(N4C[C@@H]5[C@@H](N)[C@@H]5C4)nc3)c3c(C#N)cnn3c2)cn1. The highest BCUT2D eigenvalue weighted by Crippen LogP contribution is 2.45. The van der Waals surface area contributed by atoms with Crippen LogP contribution in [0.25, 0.3) is 27.8 Å². The summed E-state index contributed by atoms with van der Waals surface area (Å²) in [4.78, 5) is 7.04. The number of fused-ring (bicyclic) bond motifs is 2. The highest BCUT2D eigenvalue weighted by Gasteiger charge is 2.53. The fourth-order valence-corrected chi connectivity index (χ4v) is 4.64. The fourth-order valence-electron chi connectivity index (χ4n) is 4.64. The highest BCUT2D eigenvalue weighted by atomic mass is 35.5. The summed E-state index contributed by atoms with van der Waals surface area (Å²) in [6, 6.07) is 8.83. The first kappa shape index (κ1) is 19.5. The van der Waals surface area contributed by atoms with E-state index >= 15 is 0 Å². The zero-order valence-electron chi connectivity index (χ0n) is 16.9. The van der Waals surface area contributed by atoms with Gasteiger partial charge in [-0.15, -0.1) is 12.4 Å². The predicted octanol–water partition coefficient (Wildman–Crippen LogP) is 2.48. The lowest BCUT2D eigenvalue weighted by atomic mass is 10.0. The van der Waals surface area contributed by atoms with Gasteiger partial charge in [-0.05, 0) is 30.0 Å². The first-order valence-corrected chi connectivity index (χ1v) is 10.00. The van der Waals surface area contributed by atoms with Gasteiger partial charge in [-0.1, -0.05) is 0 Å². The standard InChI is InChI=1S/C22H20N8.ClH/c1-28-9-16(8-26-28)14-4-17(22-15(5-23)7-27-30(22)10-14)13-2-3-20(25-6-13)29-11-18-19(12-29)21(18)24;/h2-4,6-10,18-19,21H,11-12,24H2,1H3;1H/t18-,19+,21+;. The maximum absolute atomic E-state index is 9.57. The number of aromatic nitrogens is 5. The van der Waals surface area contributed by atoms with Crippen molar-refractivity contribution >= 4 is 23.7 Å². The van der Waals surface area contributed by atoms with E-state index in [1.807, 2.05) is 31.8 Å². The molecule has 1 saturated carbocycles. The zero-order valence-corrected chi connectivity index (χ0v) is 17.7. The summed E-state index contributed by atoms with van der Waals surface area (Å²) in [6.07, 6.45) is 9.20. The van der Waals surface area contributed by atoms with Crippen LogP contribution in [0.2, 0.25) is 0 Å². The largest absolute Gasteiger partial charge is 0.356 e. The second-order valence-electron chi connectivity index (χ2n) is 8.22. The summed E-state index contributed by atoms with van der Waals surface area (Å²) in [5.74, 6) is 2.21. The van der Waals surface area contributed by atoms with Crippen LogP contribution in [0.3, 0.4) is 0 Å². The van der Waals surface area contributed by atoms with Gasteiger partial charge in [0.05, 0.1) is 23.5 Å². The number of anilines is 1. The minimum atomic E-state index is 0. The van der Waals surface area contributed by atoms with E-state index in [0.717, 1.165) is 46.7 Å². The molecule has 156 valence electrons. The van der Waals surface area contributed by atoms with Crippen molar-refractivity contribution in [3.05, 3.63) is 54.7 Å². The molecule has 3 atom stereocenters. The van der Waals surface area contributed by atoms with Gasteiger partial charge in [-0.3, -0.25) is 4.68 Å². The summed E-state index contributed by atoms with van der Waals surface area (Å²) in [5, 5.41) is 18.2. The van der Waals surface area contributed by atoms with Gasteiger partial charge < -0.3 is 10.6 Å². The normalized spacial score (nSPS) is 21.6. The Kier molecular flexibility index (Phi) is 4.46. The molecule has 0 aromatic carbocycles. The third-order valence-electron chi connectivity index (χ3n) is 6.41. The van der Waals surface area contributed by atoms with Gasteiger partial charge in [0.25, 0.3) is 0 Å². The summed E-state index contributed by atoms with van der Waals surface area (Å²) in [6.45, 7) is 1.97. The molecule has 1 saturated heterocycles. The van der Waals surface area contributed by atoms with Crippen molar-refractivity contribution in [1.82, 2.24) is 24.4 Å². The molecule has 0 radical (unpaired) electrons. The maximum atomic E-state index is 9.57. The molecular weight excluding hydrogens is 412 g/mol. The van der Waals surface area contributed by atoms with Crippen LogP contribution < -0.4 is 10.6 Å². The van der Waals surface area contributed by atoms with E-state index in [1.165, 1.54) is 0 Å². The van der Waals surface area contributed by atoms with Gasteiger partial charge in [-0.25, -0.2) is 9.50 Å². The smallest absolute Gasteiger partial charge is 0.128 e. The Bertz CT molecular complexity index is 1300. The molecule has 8 nitrogen and oxygen atoms in total. The van der Waals surface area contributed by atoms with E-state index in [0.29, 0.717) is 23.4 Å². The van der Waals surface area contributed by atoms with Crippen molar-refractivity contribution in [2.75, 3.05) is 18.0 Å². The average Bonchev–Trinajstić information content (AvgIpc) is 3.26. The molecule has 4 aromatic heterocycles. The lowest BCUT2D eigenvalue weighted by molar-refractivity contribution is 0.735. The molecule has 0 spiro atoms. The Morgan fingerprint density at radius 2 is 1.84 bits per heavy atom. The van der Waals surface area contributed by atoms with Gasteiger partial charge in [0.2, 0.25) is 0 Å². The van der Waals surface area contributed by atoms with Crippen LogP contribution in [0.1, 0.15) is 5.56 Å². The number of nitrogens with two attached hydrogens (primary N) is 1. The lowest BCUT2D eigenvalue weighted by Crippen LogP contribution is -2.28. The Balaban J connectivity index is 0.00000204. The lowest BCUT2D eigenvalue weighted by Gasteiger charge is -2.20. The number of rotatable bonds is 3. The second kappa shape index (κ2) is 7.08. The van der Waals surface area contributed by atoms with Gasteiger partial charge in [0, 0.05) is 67.0 Å².